The molecule has 0 bridgehead atoms. The van der Waals surface area contributed by atoms with E-state index in [1.54, 1.807) is 0 Å². The zero-order valence-corrected chi connectivity index (χ0v) is 7.01. The van der Waals surface area contributed by atoms with Crippen molar-refractivity contribution >= 4 is 0 Å². The molecule has 0 aromatic heterocycles. The van der Waals surface area contributed by atoms with Crippen molar-refractivity contribution < 1.29 is 0 Å². The van der Waals surface area contributed by atoms with Crippen LogP contribution in [0.2, 0.25) is 0 Å². The van der Waals surface area contributed by atoms with Gasteiger partial charge in [0.25, 0.3) is 0 Å². The quantitative estimate of drug-likeness (QED) is 0.618. The van der Waals surface area contributed by atoms with E-state index < -0.39 is 0 Å². The molecule has 0 radical (unpaired) electrons. The standard InChI is InChI=1S/C8H18N2/c1-3-7(2)10-5-4-8(9)6-10/h7-8H,3-6,9H2,1-2H3/t7?,8-/m0/s1. The van der Waals surface area contributed by atoms with Crippen LogP contribution in [0.25, 0.3) is 0 Å². The van der Waals surface area contributed by atoms with Crippen LogP contribution in [0.3, 0.4) is 0 Å². The molecule has 1 fully saturated rings. The first kappa shape index (κ1) is 8.02. The minimum atomic E-state index is 0.439. The molecule has 1 aliphatic rings. The van der Waals surface area contributed by atoms with Crippen molar-refractivity contribution in [1.82, 2.24) is 4.90 Å². The summed E-state index contributed by atoms with van der Waals surface area (Å²) in [6.45, 7) is 6.82. The lowest BCUT2D eigenvalue weighted by molar-refractivity contribution is 0.250. The number of hydrogen-bond donors (Lipinski definition) is 1. The van der Waals surface area contributed by atoms with E-state index in [0.717, 1.165) is 12.6 Å². The van der Waals surface area contributed by atoms with Gasteiger partial charge in [0.2, 0.25) is 0 Å². The molecule has 1 rings (SSSR count). The normalized spacial score (nSPS) is 30.9. The Morgan fingerprint density at radius 3 is 2.80 bits per heavy atom. The summed E-state index contributed by atoms with van der Waals surface area (Å²) in [6.07, 6.45) is 2.43. The molecule has 1 aliphatic heterocycles. The molecule has 10 heavy (non-hydrogen) atoms. The molecule has 2 nitrogen and oxygen atoms in total. The van der Waals surface area contributed by atoms with E-state index in [0.29, 0.717) is 6.04 Å². The van der Waals surface area contributed by atoms with Crippen LogP contribution in [-0.4, -0.2) is 30.1 Å². The van der Waals surface area contributed by atoms with E-state index in [1.165, 1.54) is 19.4 Å². The predicted molar refractivity (Wildman–Crippen MR) is 43.9 cm³/mol. The van der Waals surface area contributed by atoms with Crippen LogP contribution in [-0.2, 0) is 0 Å². The van der Waals surface area contributed by atoms with Crippen LogP contribution in [0.5, 0.6) is 0 Å². The Morgan fingerprint density at radius 1 is 1.70 bits per heavy atom. The van der Waals surface area contributed by atoms with E-state index >= 15 is 0 Å². The fourth-order valence-corrected chi connectivity index (χ4v) is 1.47. The molecular formula is C8H18N2. The SMILES string of the molecule is CCC(C)N1CC[C@H](N)C1. The summed E-state index contributed by atoms with van der Waals surface area (Å²) in [4.78, 5) is 2.48. The zero-order valence-electron chi connectivity index (χ0n) is 7.01. The van der Waals surface area contributed by atoms with Crippen molar-refractivity contribution in [2.75, 3.05) is 13.1 Å². The van der Waals surface area contributed by atoms with Gasteiger partial charge < -0.3 is 5.73 Å². The molecule has 2 N–H and O–H groups in total. The fraction of sp³-hybridized carbons (Fsp3) is 1.00. The van der Waals surface area contributed by atoms with Gasteiger partial charge in [0, 0.05) is 18.6 Å². The highest BCUT2D eigenvalue weighted by molar-refractivity contribution is 4.80. The minimum absolute atomic E-state index is 0.439. The minimum Gasteiger partial charge on any atom is -0.326 e. The Kier molecular flexibility index (Phi) is 2.69. The first-order valence-electron chi connectivity index (χ1n) is 4.23. The third kappa shape index (κ3) is 1.70. The van der Waals surface area contributed by atoms with Crippen LogP contribution >= 0.6 is 0 Å². The second-order valence-corrected chi connectivity index (χ2v) is 3.30. The molecule has 60 valence electrons. The Balaban J connectivity index is 2.29. The van der Waals surface area contributed by atoms with E-state index in [2.05, 4.69) is 18.7 Å². The van der Waals surface area contributed by atoms with Crippen molar-refractivity contribution in [3.05, 3.63) is 0 Å². The highest BCUT2D eigenvalue weighted by atomic mass is 15.2. The summed E-state index contributed by atoms with van der Waals surface area (Å²) in [5.74, 6) is 0. The van der Waals surface area contributed by atoms with Crippen LogP contribution in [0, 0.1) is 0 Å². The summed E-state index contributed by atoms with van der Waals surface area (Å²) in [6, 6.07) is 1.17. The smallest absolute Gasteiger partial charge is 0.0180 e. The maximum atomic E-state index is 5.78. The maximum Gasteiger partial charge on any atom is 0.0180 e. The molecule has 0 amide bonds. The molecule has 0 aromatic rings. The number of rotatable bonds is 2. The molecule has 1 saturated heterocycles. The van der Waals surface area contributed by atoms with Gasteiger partial charge in [0.1, 0.15) is 0 Å². The van der Waals surface area contributed by atoms with Crippen molar-refractivity contribution in [2.24, 2.45) is 5.73 Å². The average molecular weight is 142 g/mol. The van der Waals surface area contributed by atoms with Gasteiger partial charge in [-0.1, -0.05) is 6.92 Å². The Bertz CT molecular complexity index is 103. The third-order valence-electron chi connectivity index (χ3n) is 2.47. The third-order valence-corrected chi connectivity index (χ3v) is 2.47. The molecule has 0 aromatic carbocycles. The number of nitrogens with zero attached hydrogens (tertiary/aromatic N) is 1. The Labute approximate surface area is 63.4 Å². The summed E-state index contributed by atoms with van der Waals surface area (Å²) in [5.41, 5.74) is 5.78. The average Bonchev–Trinajstić information content (AvgIpc) is 2.34. The highest BCUT2D eigenvalue weighted by Crippen LogP contribution is 2.12. The summed E-state index contributed by atoms with van der Waals surface area (Å²) < 4.78 is 0. The van der Waals surface area contributed by atoms with Crippen molar-refractivity contribution in [3.8, 4) is 0 Å². The van der Waals surface area contributed by atoms with Crippen LogP contribution < -0.4 is 5.73 Å². The Hall–Kier alpha value is -0.0800. The highest BCUT2D eigenvalue weighted by Gasteiger charge is 2.21. The number of hydrogen-bond acceptors (Lipinski definition) is 2. The first-order chi connectivity index (χ1) is 4.74. The Morgan fingerprint density at radius 2 is 2.40 bits per heavy atom. The van der Waals surface area contributed by atoms with Gasteiger partial charge in [0.15, 0.2) is 0 Å². The maximum absolute atomic E-state index is 5.78. The molecule has 0 spiro atoms. The van der Waals surface area contributed by atoms with Gasteiger partial charge in [-0.15, -0.1) is 0 Å². The molecular weight excluding hydrogens is 124 g/mol. The molecule has 2 atom stereocenters. The molecule has 0 saturated carbocycles. The van der Waals surface area contributed by atoms with Crippen molar-refractivity contribution in [1.29, 1.82) is 0 Å². The van der Waals surface area contributed by atoms with Crippen molar-refractivity contribution in [2.45, 2.75) is 38.8 Å². The topological polar surface area (TPSA) is 29.3 Å². The lowest BCUT2D eigenvalue weighted by atomic mass is 10.2. The van der Waals surface area contributed by atoms with E-state index in [9.17, 15) is 0 Å². The molecule has 1 unspecified atom stereocenters. The monoisotopic (exact) mass is 142 g/mol. The van der Waals surface area contributed by atoms with E-state index in [-0.39, 0.29) is 0 Å². The molecule has 2 heteroatoms. The lowest BCUT2D eigenvalue weighted by Gasteiger charge is -2.22. The molecule has 0 aliphatic carbocycles. The summed E-state index contributed by atoms with van der Waals surface area (Å²) >= 11 is 0. The van der Waals surface area contributed by atoms with Crippen molar-refractivity contribution in [3.63, 3.8) is 0 Å². The van der Waals surface area contributed by atoms with Gasteiger partial charge in [0.05, 0.1) is 0 Å². The first-order valence-corrected chi connectivity index (χ1v) is 4.23. The van der Waals surface area contributed by atoms with Crippen LogP contribution in [0.1, 0.15) is 26.7 Å². The largest absolute Gasteiger partial charge is 0.326 e. The lowest BCUT2D eigenvalue weighted by Crippen LogP contribution is -2.33. The van der Waals surface area contributed by atoms with Gasteiger partial charge >= 0.3 is 0 Å². The zero-order chi connectivity index (χ0) is 7.56. The fourth-order valence-electron chi connectivity index (χ4n) is 1.47. The van der Waals surface area contributed by atoms with Gasteiger partial charge in [-0.2, -0.15) is 0 Å². The second-order valence-electron chi connectivity index (χ2n) is 3.30. The molecule has 1 heterocycles. The van der Waals surface area contributed by atoms with Crippen LogP contribution in [0.4, 0.5) is 0 Å². The predicted octanol–water partition coefficient (Wildman–Crippen LogP) is 0.818. The summed E-state index contributed by atoms with van der Waals surface area (Å²) in [5, 5.41) is 0. The number of likely N-dealkylation sites (tertiary alicyclic amines) is 1. The van der Waals surface area contributed by atoms with Gasteiger partial charge in [-0.05, 0) is 26.3 Å². The second kappa shape index (κ2) is 3.35. The van der Waals surface area contributed by atoms with E-state index in [4.69, 9.17) is 5.73 Å². The van der Waals surface area contributed by atoms with E-state index in [1.807, 2.05) is 0 Å². The van der Waals surface area contributed by atoms with Gasteiger partial charge in [-0.25, -0.2) is 0 Å². The van der Waals surface area contributed by atoms with Crippen LogP contribution in [0.15, 0.2) is 0 Å². The van der Waals surface area contributed by atoms with Gasteiger partial charge in [-0.3, -0.25) is 4.90 Å². The number of nitrogens with two attached hydrogens (primary N) is 1. The summed E-state index contributed by atoms with van der Waals surface area (Å²) in [7, 11) is 0.